The van der Waals surface area contributed by atoms with Gasteiger partial charge < -0.3 is 0 Å². The van der Waals surface area contributed by atoms with Gasteiger partial charge in [-0.15, -0.1) is 0 Å². The molecule has 0 aromatic heterocycles. The van der Waals surface area contributed by atoms with Gasteiger partial charge in [-0.05, 0) is 34.1 Å². The van der Waals surface area contributed by atoms with E-state index in [4.69, 9.17) is 23.2 Å². The molecule has 0 radical (unpaired) electrons. The van der Waals surface area contributed by atoms with Crippen molar-refractivity contribution in [1.82, 2.24) is 0 Å². The third-order valence-corrected chi connectivity index (χ3v) is 4.41. The average Bonchev–Trinajstić information content (AvgIpc) is 2.47. The molecule has 0 bridgehead atoms. The summed E-state index contributed by atoms with van der Waals surface area (Å²) in [5.74, 6) is -2.57. The molecule has 0 aliphatic carbocycles. The summed E-state index contributed by atoms with van der Waals surface area (Å²) in [6.07, 6.45) is 0. The lowest BCUT2D eigenvalue weighted by atomic mass is 9.91. The SMILES string of the molecule is N#CC(C(=O)c1ccc(Br)c(Cl)c1)c1cccc(Cl)c1F. The van der Waals surface area contributed by atoms with Crippen molar-refractivity contribution in [2.45, 2.75) is 5.92 Å². The van der Waals surface area contributed by atoms with Crippen LogP contribution in [0.15, 0.2) is 40.9 Å². The molecule has 1 atom stereocenters. The van der Waals surface area contributed by atoms with Gasteiger partial charge in [-0.25, -0.2) is 4.39 Å². The van der Waals surface area contributed by atoms with Crippen molar-refractivity contribution >= 4 is 44.9 Å². The zero-order chi connectivity index (χ0) is 15.6. The third kappa shape index (κ3) is 3.26. The molecule has 2 aromatic carbocycles. The van der Waals surface area contributed by atoms with E-state index in [2.05, 4.69) is 15.9 Å². The van der Waals surface area contributed by atoms with Gasteiger partial charge in [-0.2, -0.15) is 5.26 Å². The van der Waals surface area contributed by atoms with Gasteiger partial charge in [0.2, 0.25) is 0 Å². The summed E-state index contributed by atoms with van der Waals surface area (Å²) in [4.78, 5) is 12.4. The number of ketones is 1. The van der Waals surface area contributed by atoms with E-state index in [-0.39, 0.29) is 16.1 Å². The highest BCUT2D eigenvalue weighted by atomic mass is 79.9. The van der Waals surface area contributed by atoms with Crippen LogP contribution in [-0.2, 0) is 0 Å². The summed E-state index contributed by atoms with van der Waals surface area (Å²) in [6.45, 7) is 0. The topological polar surface area (TPSA) is 40.9 Å². The van der Waals surface area contributed by atoms with Crippen LogP contribution in [0.2, 0.25) is 10.0 Å². The summed E-state index contributed by atoms with van der Waals surface area (Å²) >= 11 is 14.8. The Bertz CT molecular complexity index is 758. The lowest BCUT2D eigenvalue weighted by Crippen LogP contribution is -2.13. The highest BCUT2D eigenvalue weighted by Gasteiger charge is 2.26. The average molecular weight is 387 g/mol. The molecular formula is C15H7BrCl2FNO. The first-order chi connectivity index (χ1) is 9.95. The smallest absolute Gasteiger partial charge is 0.184 e. The number of nitriles is 1. The minimum absolute atomic E-state index is 0.0472. The van der Waals surface area contributed by atoms with Crippen molar-refractivity contribution in [3.8, 4) is 6.07 Å². The molecule has 0 saturated heterocycles. The number of carbonyl (C=O) groups is 1. The zero-order valence-electron chi connectivity index (χ0n) is 10.4. The van der Waals surface area contributed by atoms with Gasteiger partial charge in [0.05, 0.1) is 16.1 Å². The number of nitrogens with zero attached hydrogens (tertiary/aromatic N) is 1. The highest BCUT2D eigenvalue weighted by Crippen LogP contribution is 2.29. The van der Waals surface area contributed by atoms with Crippen LogP contribution in [0.1, 0.15) is 21.8 Å². The number of hydrogen-bond acceptors (Lipinski definition) is 2. The van der Waals surface area contributed by atoms with Gasteiger partial charge in [-0.3, -0.25) is 4.79 Å². The van der Waals surface area contributed by atoms with Crippen LogP contribution >= 0.6 is 39.1 Å². The molecule has 2 aromatic rings. The van der Waals surface area contributed by atoms with Crippen molar-refractivity contribution in [3.63, 3.8) is 0 Å². The maximum atomic E-state index is 14.0. The Labute approximate surface area is 139 Å². The Morgan fingerprint density at radius 1 is 1.24 bits per heavy atom. The first-order valence-electron chi connectivity index (χ1n) is 5.78. The fourth-order valence-corrected chi connectivity index (χ4v) is 2.44. The van der Waals surface area contributed by atoms with Crippen LogP contribution < -0.4 is 0 Å². The first kappa shape index (κ1) is 16.0. The molecule has 0 N–H and O–H groups in total. The lowest BCUT2D eigenvalue weighted by molar-refractivity contribution is 0.0977. The van der Waals surface area contributed by atoms with Gasteiger partial charge >= 0.3 is 0 Å². The molecule has 0 heterocycles. The summed E-state index contributed by atoms with van der Waals surface area (Å²) in [5.41, 5.74) is 0.183. The van der Waals surface area contributed by atoms with Gasteiger partial charge in [0.1, 0.15) is 11.7 Å². The van der Waals surface area contributed by atoms with E-state index in [0.717, 1.165) is 0 Å². The Balaban J connectivity index is 2.46. The molecule has 0 spiro atoms. The zero-order valence-corrected chi connectivity index (χ0v) is 13.5. The number of rotatable bonds is 3. The fraction of sp³-hybridized carbons (Fsp3) is 0.0667. The van der Waals surface area contributed by atoms with Crippen LogP contribution in [0.5, 0.6) is 0 Å². The number of halogens is 4. The summed E-state index contributed by atoms with van der Waals surface area (Å²) in [6, 6.07) is 10.6. The molecule has 0 fully saturated rings. The molecule has 1 unspecified atom stereocenters. The van der Waals surface area contributed by atoms with Crippen molar-refractivity contribution in [1.29, 1.82) is 5.26 Å². The van der Waals surface area contributed by atoms with E-state index in [1.54, 1.807) is 6.07 Å². The predicted molar refractivity (Wildman–Crippen MR) is 83.2 cm³/mol. The minimum Gasteiger partial charge on any atom is -0.292 e. The van der Waals surface area contributed by atoms with Crippen molar-refractivity contribution in [2.75, 3.05) is 0 Å². The number of Topliss-reactive ketones (excluding diaryl/α,β-unsaturated/α-hetero) is 1. The van der Waals surface area contributed by atoms with Crippen molar-refractivity contribution < 1.29 is 9.18 Å². The monoisotopic (exact) mass is 385 g/mol. The predicted octanol–water partition coefficient (Wildman–Crippen LogP) is 5.39. The number of carbonyl (C=O) groups excluding carboxylic acids is 1. The van der Waals surface area contributed by atoms with E-state index in [1.807, 2.05) is 6.07 Å². The number of hydrogen-bond donors (Lipinski definition) is 0. The van der Waals surface area contributed by atoms with E-state index in [1.165, 1.54) is 30.3 Å². The van der Waals surface area contributed by atoms with Crippen molar-refractivity contribution in [3.05, 3.63) is 67.9 Å². The van der Waals surface area contributed by atoms with Crippen LogP contribution in [0, 0.1) is 17.1 Å². The molecule has 106 valence electrons. The molecule has 21 heavy (non-hydrogen) atoms. The van der Waals surface area contributed by atoms with Crippen molar-refractivity contribution in [2.24, 2.45) is 0 Å². The maximum Gasteiger partial charge on any atom is 0.184 e. The standard InChI is InChI=1S/C15H7BrCl2FNO/c16-11-5-4-8(6-13(11)18)15(21)10(7-20)9-2-1-3-12(17)14(9)19/h1-6,10H. The normalized spacial score (nSPS) is 11.8. The molecule has 2 rings (SSSR count). The Hall–Kier alpha value is -1.41. The molecule has 0 aliphatic heterocycles. The van der Waals surface area contributed by atoms with Gasteiger partial charge in [0, 0.05) is 15.6 Å². The summed E-state index contributed by atoms with van der Waals surface area (Å²) < 4.78 is 14.6. The lowest BCUT2D eigenvalue weighted by Gasteiger charge is -2.11. The maximum absolute atomic E-state index is 14.0. The second kappa shape index (κ2) is 6.57. The Morgan fingerprint density at radius 3 is 2.57 bits per heavy atom. The molecule has 2 nitrogen and oxygen atoms in total. The fourth-order valence-electron chi connectivity index (χ4n) is 1.83. The van der Waals surface area contributed by atoms with Gasteiger partial charge in [0.25, 0.3) is 0 Å². The van der Waals surface area contributed by atoms with Gasteiger partial charge in [-0.1, -0.05) is 41.4 Å². The van der Waals surface area contributed by atoms with Crippen LogP contribution in [0.4, 0.5) is 4.39 Å². The van der Waals surface area contributed by atoms with Gasteiger partial charge in [0.15, 0.2) is 5.78 Å². The second-order valence-corrected chi connectivity index (χ2v) is 5.87. The first-order valence-corrected chi connectivity index (χ1v) is 7.33. The third-order valence-electron chi connectivity index (χ3n) is 2.89. The van der Waals surface area contributed by atoms with Crippen LogP contribution in [-0.4, -0.2) is 5.78 Å². The summed E-state index contributed by atoms with van der Waals surface area (Å²) in [5, 5.41) is 9.43. The summed E-state index contributed by atoms with van der Waals surface area (Å²) in [7, 11) is 0. The molecule has 6 heteroatoms. The van der Waals surface area contributed by atoms with Crippen LogP contribution in [0.3, 0.4) is 0 Å². The quantitative estimate of drug-likeness (QED) is 0.664. The van der Waals surface area contributed by atoms with E-state index in [9.17, 15) is 14.4 Å². The molecule has 0 saturated carbocycles. The second-order valence-electron chi connectivity index (χ2n) is 4.20. The molecule has 0 aliphatic rings. The van der Waals surface area contributed by atoms with Crippen LogP contribution in [0.25, 0.3) is 0 Å². The molecular weight excluding hydrogens is 380 g/mol. The minimum atomic E-state index is -1.28. The van der Waals surface area contributed by atoms with E-state index in [0.29, 0.717) is 9.50 Å². The number of benzene rings is 2. The van der Waals surface area contributed by atoms with E-state index < -0.39 is 17.5 Å². The van der Waals surface area contributed by atoms with E-state index >= 15 is 0 Å². The molecule has 0 amide bonds. The highest BCUT2D eigenvalue weighted by molar-refractivity contribution is 9.10. The Morgan fingerprint density at radius 2 is 1.95 bits per heavy atom. The largest absolute Gasteiger partial charge is 0.292 e. The Kier molecular flexibility index (Phi) is 5.00.